The molecule has 0 spiro atoms. The van der Waals surface area contributed by atoms with Gasteiger partial charge in [0.05, 0.1) is 0 Å². The van der Waals surface area contributed by atoms with Crippen LogP contribution in [0.15, 0.2) is 30.1 Å². The first-order chi connectivity index (χ1) is 9.66. The zero-order valence-electron chi connectivity index (χ0n) is 14.0. The Hall–Kier alpha value is -0.640. The molecule has 0 saturated carbocycles. The Bertz CT molecular complexity index is 493. The first-order valence-corrected chi connectivity index (χ1v) is 9.83. The molecule has 120 valence electrons. The number of methoxy groups -OCH3 is 1. The fourth-order valence-corrected chi connectivity index (χ4v) is 5.98. The maximum atomic E-state index is 7.22. The third kappa shape index (κ3) is 3.25. The van der Waals surface area contributed by atoms with E-state index in [1.54, 1.807) is 7.11 Å². The van der Waals surface area contributed by atoms with Crippen LogP contribution in [0.4, 0.5) is 0 Å². The topological polar surface area (TPSA) is 19.0 Å². The van der Waals surface area contributed by atoms with Gasteiger partial charge in [-0.05, 0) is 0 Å². The second kappa shape index (κ2) is 6.64. The van der Waals surface area contributed by atoms with Crippen LogP contribution in [0.2, 0.25) is 0 Å². The van der Waals surface area contributed by atoms with Crippen LogP contribution >= 0.6 is 17.6 Å². The predicted octanol–water partition coefficient (Wildman–Crippen LogP) is 3.80. The number of hydrogen-bond acceptors (Lipinski definition) is 4. The minimum absolute atomic E-state index is 0.839. The SMILES string of the molecule is COc1cccc(/C=C/P(Cl)(N(C)C)(N(C)C)N(C)C)c1. The van der Waals surface area contributed by atoms with Crippen LogP contribution < -0.4 is 4.74 Å². The minimum atomic E-state index is -2.98. The van der Waals surface area contributed by atoms with Crippen molar-refractivity contribution in [2.24, 2.45) is 0 Å². The van der Waals surface area contributed by atoms with Crippen molar-refractivity contribution in [3.63, 3.8) is 0 Å². The Morgan fingerprint density at radius 3 is 1.95 bits per heavy atom. The van der Waals surface area contributed by atoms with Crippen molar-refractivity contribution in [1.29, 1.82) is 0 Å². The Labute approximate surface area is 133 Å². The molecule has 1 aromatic carbocycles. The molecule has 1 aromatic rings. The van der Waals surface area contributed by atoms with Crippen molar-refractivity contribution in [3.8, 4) is 5.75 Å². The van der Waals surface area contributed by atoms with Crippen LogP contribution in [0.1, 0.15) is 5.56 Å². The Morgan fingerprint density at radius 2 is 1.52 bits per heavy atom. The maximum absolute atomic E-state index is 7.22. The molecule has 0 heterocycles. The first kappa shape index (κ1) is 18.4. The Kier molecular flexibility index (Phi) is 5.82. The molecule has 0 saturated heterocycles. The van der Waals surface area contributed by atoms with Gasteiger partial charge in [0.25, 0.3) is 0 Å². The van der Waals surface area contributed by atoms with E-state index < -0.39 is 6.41 Å². The average Bonchev–Trinajstić information content (AvgIpc) is 2.44. The summed E-state index contributed by atoms with van der Waals surface area (Å²) in [6, 6.07) is 7.94. The van der Waals surface area contributed by atoms with Gasteiger partial charge in [0, 0.05) is 0 Å². The molecule has 6 heteroatoms. The van der Waals surface area contributed by atoms with Crippen LogP contribution in [-0.4, -0.2) is 63.4 Å². The fourth-order valence-electron chi connectivity index (χ4n) is 2.43. The average molecular weight is 332 g/mol. The Morgan fingerprint density at radius 1 is 1.00 bits per heavy atom. The molecule has 0 aliphatic heterocycles. The van der Waals surface area contributed by atoms with Crippen molar-refractivity contribution in [2.45, 2.75) is 0 Å². The standard InChI is InChI=1S/C15H27ClN3OP/c1-17(2)21(16,18(3)4,19(5)6)12-11-14-9-8-10-15(13-14)20-7/h8-13H,1-7H3/b12-11+. The normalized spacial score (nSPS) is 14.9. The van der Waals surface area contributed by atoms with Crippen molar-refractivity contribution in [2.75, 3.05) is 49.4 Å². The van der Waals surface area contributed by atoms with E-state index in [1.807, 2.05) is 66.6 Å². The van der Waals surface area contributed by atoms with E-state index in [9.17, 15) is 0 Å². The number of ether oxygens (including phenoxy) is 1. The summed E-state index contributed by atoms with van der Waals surface area (Å²) < 4.78 is 11.6. The van der Waals surface area contributed by atoms with E-state index in [0.29, 0.717) is 0 Å². The monoisotopic (exact) mass is 331 g/mol. The van der Waals surface area contributed by atoms with Gasteiger partial charge in [0.1, 0.15) is 0 Å². The summed E-state index contributed by atoms with van der Waals surface area (Å²) in [5.41, 5.74) is 1.06. The van der Waals surface area contributed by atoms with Gasteiger partial charge in [0.2, 0.25) is 0 Å². The van der Waals surface area contributed by atoms with Crippen LogP contribution in [0.5, 0.6) is 5.75 Å². The third-order valence-corrected chi connectivity index (χ3v) is 12.0. The van der Waals surface area contributed by atoms with Gasteiger partial charge in [-0.3, -0.25) is 0 Å². The van der Waals surface area contributed by atoms with E-state index in [1.165, 1.54) is 0 Å². The molecule has 1 rings (SSSR count). The summed E-state index contributed by atoms with van der Waals surface area (Å²) in [5.74, 6) is 2.95. The molecule has 0 aromatic heterocycles. The van der Waals surface area contributed by atoms with Gasteiger partial charge in [-0.1, -0.05) is 0 Å². The molecule has 21 heavy (non-hydrogen) atoms. The molecule has 0 aliphatic rings. The summed E-state index contributed by atoms with van der Waals surface area (Å²) in [6.07, 6.45) is -0.915. The van der Waals surface area contributed by atoms with E-state index in [-0.39, 0.29) is 0 Å². The van der Waals surface area contributed by atoms with Crippen LogP contribution in [-0.2, 0) is 0 Å². The fraction of sp³-hybridized carbons (Fsp3) is 0.467. The molecule has 0 amide bonds. The summed E-state index contributed by atoms with van der Waals surface area (Å²) in [5, 5.41) is 0. The molecule has 0 N–H and O–H groups in total. The van der Waals surface area contributed by atoms with Crippen LogP contribution in [0.3, 0.4) is 0 Å². The van der Waals surface area contributed by atoms with Gasteiger partial charge >= 0.3 is 133 Å². The number of halogens is 1. The molecule has 0 radical (unpaired) electrons. The Balaban J connectivity index is 3.33. The van der Waals surface area contributed by atoms with E-state index in [0.717, 1.165) is 11.3 Å². The van der Waals surface area contributed by atoms with Crippen LogP contribution in [0.25, 0.3) is 6.08 Å². The van der Waals surface area contributed by atoms with Gasteiger partial charge < -0.3 is 0 Å². The molecule has 0 fully saturated rings. The number of hydrogen-bond donors (Lipinski definition) is 0. The number of rotatable bonds is 6. The first-order valence-electron chi connectivity index (χ1n) is 6.77. The zero-order chi connectivity index (χ0) is 16.3. The van der Waals surface area contributed by atoms with Crippen molar-refractivity contribution >= 4 is 23.7 Å². The van der Waals surface area contributed by atoms with Gasteiger partial charge in [0.15, 0.2) is 0 Å². The quantitative estimate of drug-likeness (QED) is 0.738. The van der Waals surface area contributed by atoms with E-state index in [2.05, 4.69) is 25.9 Å². The van der Waals surface area contributed by atoms with E-state index >= 15 is 0 Å². The van der Waals surface area contributed by atoms with Crippen molar-refractivity contribution in [3.05, 3.63) is 35.6 Å². The molecular weight excluding hydrogens is 305 g/mol. The molecular formula is C15H27ClN3OP. The van der Waals surface area contributed by atoms with Crippen molar-refractivity contribution < 1.29 is 4.74 Å². The van der Waals surface area contributed by atoms with E-state index in [4.69, 9.17) is 16.0 Å². The molecule has 0 unspecified atom stereocenters. The molecule has 0 bridgehead atoms. The molecule has 4 nitrogen and oxygen atoms in total. The zero-order valence-corrected chi connectivity index (χ0v) is 15.7. The summed E-state index contributed by atoms with van der Waals surface area (Å²) >= 11 is 7.22. The summed E-state index contributed by atoms with van der Waals surface area (Å²) in [7, 11) is 13.8. The molecule has 0 atom stereocenters. The number of nitrogens with zero attached hydrogens (tertiary/aromatic N) is 3. The number of benzene rings is 1. The third-order valence-electron chi connectivity index (χ3n) is 3.84. The predicted molar refractivity (Wildman–Crippen MR) is 95.9 cm³/mol. The second-order valence-corrected chi connectivity index (χ2v) is 12.1. The summed E-state index contributed by atoms with van der Waals surface area (Å²) in [6.45, 7) is 0. The second-order valence-electron chi connectivity index (χ2n) is 5.57. The van der Waals surface area contributed by atoms with Gasteiger partial charge in [-0.25, -0.2) is 0 Å². The van der Waals surface area contributed by atoms with Gasteiger partial charge in [-0.15, -0.1) is 0 Å². The van der Waals surface area contributed by atoms with Gasteiger partial charge in [-0.2, -0.15) is 0 Å². The van der Waals surface area contributed by atoms with Crippen LogP contribution in [0, 0.1) is 0 Å². The summed E-state index contributed by atoms with van der Waals surface area (Å²) in [4.78, 5) is 0. The molecule has 0 aliphatic carbocycles. The van der Waals surface area contributed by atoms with Crippen molar-refractivity contribution in [1.82, 2.24) is 14.0 Å².